The van der Waals surface area contributed by atoms with Crippen LogP contribution in [0.15, 0.2) is 82.5 Å². The van der Waals surface area contributed by atoms with E-state index >= 15 is 0 Å². The van der Waals surface area contributed by atoms with E-state index in [-0.39, 0.29) is 5.91 Å². The van der Waals surface area contributed by atoms with Crippen LogP contribution in [0, 0.1) is 0 Å². The van der Waals surface area contributed by atoms with Gasteiger partial charge < -0.3 is 14.0 Å². The fourth-order valence-corrected chi connectivity index (χ4v) is 3.72. The number of hydrogen-bond donors (Lipinski definition) is 1. The fraction of sp³-hybridized carbons (Fsp3) is 0.120. The third-order valence-electron chi connectivity index (χ3n) is 5.07. The molecule has 0 bridgehead atoms. The van der Waals surface area contributed by atoms with Gasteiger partial charge >= 0.3 is 0 Å². The Balaban J connectivity index is 1.55. The van der Waals surface area contributed by atoms with E-state index in [1.807, 2.05) is 36.5 Å². The first-order chi connectivity index (χ1) is 15.6. The summed E-state index contributed by atoms with van der Waals surface area (Å²) in [6.07, 6.45) is 3.70. The molecule has 0 spiro atoms. The number of methoxy groups -OCH3 is 2. The highest BCUT2D eigenvalue weighted by atomic mass is 79.9. The molecule has 0 aliphatic rings. The number of halogens is 1. The van der Waals surface area contributed by atoms with E-state index in [4.69, 9.17) is 9.47 Å². The summed E-state index contributed by atoms with van der Waals surface area (Å²) in [6.45, 7) is 0.734. The molecule has 0 unspecified atom stereocenters. The second-order valence-corrected chi connectivity index (χ2v) is 8.07. The maximum atomic E-state index is 12.6. The number of aromatic nitrogens is 1. The van der Waals surface area contributed by atoms with Crippen molar-refractivity contribution in [3.63, 3.8) is 0 Å². The Kier molecular flexibility index (Phi) is 6.56. The van der Waals surface area contributed by atoms with Crippen LogP contribution in [0.1, 0.15) is 21.5 Å². The largest absolute Gasteiger partial charge is 0.497 e. The van der Waals surface area contributed by atoms with Gasteiger partial charge in [-0.1, -0.05) is 46.3 Å². The topological polar surface area (TPSA) is 64.8 Å². The quantitative estimate of drug-likeness (QED) is 0.284. The van der Waals surface area contributed by atoms with Crippen molar-refractivity contribution in [1.82, 2.24) is 9.99 Å². The van der Waals surface area contributed by atoms with Crippen molar-refractivity contribution in [3.05, 3.63) is 94.1 Å². The number of benzene rings is 3. The van der Waals surface area contributed by atoms with Crippen molar-refractivity contribution in [1.29, 1.82) is 0 Å². The number of hydrogen-bond acceptors (Lipinski definition) is 4. The number of ether oxygens (including phenoxy) is 2. The lowest BCUT2D eigenvalue weighted by atomic mass is 10.2. The molecule has 32 heavy (non-hydrogen) atoms. The highest BCUT2D eigenvalue weighted by Gasteiger charge is 2.10. The smallest absolute Gasteiger partial charge is 0.271 e. The molecule has 1 N–H and O–H groups in total. The molecule has 0 aliphatic carbocycles. The second-order valence-electron chi connectivity index (χ2n) is 7.16. The minimum absolute atomic E-state index is 0.350. The van der Waals surface area contributed by atoms with Crippen LogP contribution in [0.3, 0.4) is 0 Å². The molecule has 3 aromatic carbocycles. The molecule has 0 atom stereocenters. The normalized spacial score (nSPS) is 11.1. The monoisotopic (exact) mass is 491 g/mol. The van der Waals surface area contributed by atoms with Crippen molar-refractivity contribution < 1.29 is 14.3 Å². The molecule has 0 radical (unpaired) electrons. The van der Waals surface area contributed by atoms with Gasteiger partial charge in [-0.3, -0.25) is 4.79 Å². The zero-order valence-electron chi connectivity index (χ0n) is 17.7. The van der Waals surface area contributed by atoms with Gasteiger partial charge in [0, 0.05) is 45.3 Å². The van der Waals surface area contributed by atoms with Crippen molar-refractivity contribution in [2.45, 2.75) is 6.54 Å². The van der Waals surface area contributed by atoms with Gasteiger partial charge in [-0.2, -0.15) is 5.10 Å². The minimum Gasteiger partial charge on any atom is -0.497 e. The molecule has 1 amide bonds. The van der Waals surface area contributed by atoms with Crippen LogP contribution >= 0.6 is 15.9 Å². The number of carbonyl (C=O) groups excluding carboxylic acids is 1. The third-order valence-corrected chi connectivity index (χ3v) is 5.60. The Morgan fingerprint density at radius 1 is 1.03 bits per heavy atom. The van der Waals surface area contributed by atoms with E-state index in [1.54, 1.807) is 38.6 Å². The molecule has 1 aromatic heterocycles. The summed E-state index contributed by atoms with van der Waals surface area (Å²) >= 11 is 3.48. The lowest BCUT2D eigenvalue weighted by Crippen LogP contribution is -2.17. The van der Waals surface area contributed by atoms with E-state index < -0.39 is 0 Å². The van der Waals surface area contributed by atoms with Crippen molar-refractivity contribution >= 4 is 39.0 Å². The van der Waals surface area contributed by atoms with E-state index in [0.29, 0.717) is 17.1 Å². The SMILES string of the molecule is COc1cc(OC)cc(C(=O)NN=Cc2cn(Cc3ccc(Br)cc3)c3ccccc23)c1. The second kappa shape index (κ2) is 9.70. The lowest BCUT2D eigenvalue weighted by molar-refractivity contribution is 0.0954. The van der Waals surface area contributed by atoms with Gasteiger partial charge in [0.05, 0.1) is 20.4 Å². The van der Waals surface area contributed by atoms with Crippen LogP contribution in [0.4, 0.5) is 0 Å². The molecular weight excluding hydrogens is 470 g/mol. The lowest BCUT2D eigenvalue weighted by Gasteiger charge is -2.07. The predicted octanol–water partition coefficient (Wildman–Crippen LogP) is 5.23. The van der Waals surface area contributed by atoms with Gasteiger partial charge in [0.25, 0.3) is 5.91 Å². The summed E-state index contributed by atoms with van der Waals surface area (Å²) in [5.74, 6) is 0.723. The summed E-state index contributed by atoms with van der Waals surface area (Å²) in [6, 6.07) is 21.4. The first-order valence-electron chi connectivity index (χ1n) is 9.96. The summed E-state index contributed by atoms with van der Waals surface area (Å²) in [7, 11) is 3.08. The standard InChI is InChI=1S/C25H22BrN3O3/c1-31-21-11-18(12-22(13-21)32-2)25(30)28-27-14-19-16-29(24-6-4-3-5-23(19)24)15-17-7-9-20(26)10-8-17/h3-14,16H,15H2,1-2H3,(H,28,30). The Hall–Kier alpha value is -3.58. The number of amides is 1. The Morgan fingerprint density at radius 2 is 1.72 bits per heavy atom. The molecule has 162 valence electrons. The van der Waals surface area contributed by atoms with E-state index in [0.717, 1.165) is 27.5 Å². The maximum absolute atomic E-state index is 12.6. The van der Waals surface area contributed by atoms with Gasteiger partial charge in [0.2, 0.25) is 0 Å². The molecule has 0 aliphatic heterocycles. The summed E-state index contributed by atoms with van der Waals surface area (Å²) < 4.78 is 13.7. The van der Waals surface area contributed by atoms with E-state index in [9.17, 15) is 4.79 Å². The molecule has 1 heterocycles. The first kappa shape index (κ1) is 21.6. The van der Waals surface area contributed by atoms with Gasteiger partial charge in [-0.05, 0) is 35.9 Å². The Labute approximate surface area is 194 Å². The van der Waals surface area contributed by atoms with Crippen LogP contribution in [0.5, 0.6) is 11.5 Å². The number of carbonyl (C=O) groups is 1. The number of nitrogens with zero attached hydrogens (tertiary/aromatic N) is 2. The first-order valence-corrected chi connectivity index (χ1v) is 10.8. The van der Waals surface area contributed by atoms with E-state index in [2.05, 4.69) is 49.2 Å². The van der Waals surface area contributed by atoms with Crippen LogP contribution in [-0.2, 0) is 6.54 Å². The highest BCUT2D eigenvalue weighted by molar-refractivity contribution is 9.10. The third kappa shape index (κ3) is 4.84. The highest BCUT2D eigenvalue weighted by Crippen LogP contribution is 2.23. The van der Waals surface area contributed by atoms with Crippen molar-refractivity contribution in [3.8, 4) is 11.5 Å². The van der Waals surface area contributed by atoms with Crippen LogP contribution in [0.2, 0.25) is 0 Å². The fourth-order valence-electron chi connectivity index (χ4n) is 3.46. The van der Waals surface area contributed by atoms with Crippen LogP contribution < -0.4 is 14.9 Å². The van der Waals surface area contributed by atoms with Gasteiger partial charge in [0.15, 0.2) is 0 Å². The minimum atomic E-state index is -0.350. The number of rotatable bonds is 7. The Morgan fingerprint density at radius 3 is 2.41 bits per heavy atom. The number of fused-ring (bicyclic) bond motifs is 1. The number of nitrogens with one attached hydrogen (secondary N) is 1. The zero-order chi connectivity index (χ0) is 22.5. The predicted molar refractivity (Wildman–Crippen MR) is 130 cm³/mol. The molecule has 0 saturated heterocycles. The molecule has 6 nitrogen and oxygen atoms in total. The van der Waals surface area contributed by atoms with E-state index in [1.165, 1.54) is 5.56 Å². The van der Waals surface area contributed by atoms with Crippen LogP contribution in [-0.4, -0.2) is 30.9 Å². The maximum Gasteiger partial charge on any atom is 0.271 e. The summed E-state index contributed by atoms with van der Waals surface area (Å²) in [5.41, 5.74) is 6.19. The zero-order valence-corrected chi connectivity index (χ0v) is 19.3. The summed E-state index contributed by atoms with van der Waals surface area (Å²) in [5, 5.41) is 5.25. The molecule has 4 rings (SSSR count). The molecule has 7 heteroatoms. The van der Waals surface area contributed by atoms with Crippen molar-refractivity contribution in [2.75, 3.05) is 14.2 Å². The molecular formula is C25H22BrN3O3. The molecule has 4 aromatic rings. The van der Waals surface area contributed by atoms with Crippen LogP contribution in [0.25, 0.3) is 10.9 Å². The molecule has 0 fully saturated rings. The summed E-state index contributed by atoms with van der Waals surface area (Å²) in [4.78, 5) is 12.6. The van der Waals surface area contributed by atoms with Gasteiger partial charge in [-0.15, -0.1) is 0 Å². The molecule has 0 saturated carbocycles. The average molecular weight is 492 g/mol. The number of hydrazone groups is 1. The van der Waals surface area contributed by atoms with Crippen molar-refractivity contribution in [2.24, 2.45) is 5.10 Å². The Bertz CT molecular complexity index is 1260. The number of para-hydroxylation sites is 1. The average Bonchev–Trinajstić information content (AvgIpc) is 3.17. The van der Waals surface area contributed by atoms with Gasteiger partial charge in [0.1, 0.15) is 11.5 Å². The van der Waals surface area contributed by atoms with Gasteiger partial charge in [-0.25, -0.2) is 5.43 Å².